The predicted octanol–water partition coefficient (Wildman–Crippen LogP) is 3.62. The van der Waals surface area contributed by atoms with Crippen molar-refractivity contribution < 1.29 is 9.84 Å². The van der Waals surface area contributed by atoms with Crippen molar-refractivity contribution in [1.82, 2.24) is 9.88 Å². The highest BCUT2D eigenvalue weighted by Crippen LogP contribution is 2.50. The zero-order valence-corrected chi connectivity index (χ0v) is 19.2. The second-order valence-corrected chi connectivity index (χ2v) is 10.5. The van der Waals surface area contributed by atoms with Gasteiger partial charge in [0.1, 0.15) is 5.60 Å². The molecule has 3 aliphatic heterocycles. The zero-order valence-electron chi connectivity index (χ0n) is 19.2. The van der Waals surface area contributed by atoms with Gasteiger partial charge in [-0.25, -0.2) is 0 Å². The number of likely N-dealkylation sites (tertiary alicyclic amines) is 1. The van der Waals surface area contributed by atoms with E-state index in [1.165, 1.54) is 5.56 Å². The number of fused-ring (bicyclic) bond motifs is 1. The van der Waals surface area contributed by atoms with Crippen LogP contribution in [0.3, 0.4) is 0 Å². The maximum Gasteiger partial charge on any atom is 0.124 e. The fourth-order valence-corrected chi connectivity index (χ4v) is 6.03. The van der Waals surface area contributed by atoms with Crippen molar-refractivity contribution >= 4 is 5.69 Å². The van der Waals surface area contributed by atoms with Gasteiger partial charge in [0, 0.05) is 55.9 Å². The molecule has 3 fully saturated rings. The van der Waals surface area contributed by atoms with E-state index in [0.717, 1.165) is 56.0 Å². The molecule has 0 saturated carbocycles. The monoisotopic (exact) mass is 421 g/mol. The summed E-state index contributed by atoms with van der Waals surface area (Å²) in [6.45, 7) is 11.1. The normalized spacial score (nSPS) is 27.2. The third kappa shape index (κ3) is 3.38. The summed E-state index contributed by atoms with van der Waals surface area (Å²) in [5.74, 6) is 1.08. The Morgan fingerprint density at radius 2 is 1.87 bits per heavy atom. The van der Waals surface area contributed by atoms with Gasteiger partial charge in [0.05, 0.1) is 18.0 Å². The molecular formula is C26H35N3O2. The number of benzene rings is 1. The molecule has 31 heavy (non-hydrogen) atoms. The minimum Gasteiger partial charge on any atom is -0.380 e. The second-order valence-electron chi connectivity index (χ2n) is 10.5. The number of aromatic nitrogens is 1. The summed E-state index contributed by atoms with van der Waals surface area (Å²) >= 11 is 0. The highest BCUT2D eigenvalue weighted by Gasteiger charge is 2.55. The predicted molar refractivity (Wildman–Crippen MR) is 123 cm³/mol. The number of ether oxygens (including phenoxy) is 1. The lowest BCUT2D eigenvalue weighted by atomic mass is 9.62. The van der Waals surface area contributed by atoms with E-state index in [-0.39, 0.29) is 5.41 Å². The summed E-state index contributed by atoms with van der Waals surface area (Å²) < 4.78 is 5.90. The van der Waals surface area contributed by atoms with Gasteiger partial charge in [-0.2, -0.15) is 0 Å². The largest absolute Gasteiger partial charge is 0.380 e. The molecule has 2 unspecified atom stereocenters. The summed E-state index contributed by atoms with van der Waals surface area (Å²) in [7, 11) is 2.11. The maximum atomic E-state index is 12.4. The molecule has 5 rings (SSSR count). The van der Waals surface area contributed by atoms with Crippen LogP contribution in [0.1, 0.15) is 49.8 Å². The lowest BCUT2D eigenvalue weighted by Crippen LogP contribution is -2.63. The molecule has 3 saturated heterocycles. The SMILES string of the molecule is CC(C)c1ccc([C@](O)(c2cncc(N3CC4CCOC4C3)c2)C2(C)CN(C)C2)cc1. The zero-order chi connectivity index (χ0) is 21.8. The molecule has 2 aromatic rings. The van der Waals surface area contributed by atoms with E-state index in [4.69, 9.17) is 4.74 Å². The molecule has 3 atom stereocenters. The minimum absolute atomic E-state index is 0.272. The van der Waals surface area contributed by atoms with Gasteiger partial charge in [-0.1, -0.05) is 45.0 Å². The van der Waals surface area contributed by atoms with Gasteiger partial charge in [-0.05, 0) is 36.6 Å². The topological polar surface area (TPSA) is 48.8 Å². The molecule has 1 aromatic carbocycles. The Labute approximate surface area is 186 Å². The van der Waals surface area contributed by atoms with Gasteiger partial charge < -0.3 is 19.6 Å². The molecule has 1 aromatic heterocycles. The quantitative estimate of drug-likeness (QED) is 0.799. The molecule has 3 aliphatic rings. The van der Waals surface area contributed by atoms with E-state index in [9.17, 15) is 5.11 Å². The van der Waals surface area contributed by atoms with Gasteiger partial charge in [-0.3, -0.25) is 4.98 Å². The fourth-order valence-electron chi connectivity index (χ4n) is 6.03. The Kier molecular flexibility index (Phi) is 5.11. The van der Waals surface area contributed by atoms with Gasteiger partial charge in [0.25, 0.3) is 0 Å². The third-order valence-electron chi connectivity index (χ3n) is 7.81. The number of anilines is 1. The number of aliphatic hydroxyl groups is 1. The standard InChI is InChI=1S/C26H35N3O2/c1-18(2)19-5-7-21(8-6-19)26(30,25(3)16-28(4)17-25)22-11-23(13-27-12-22)29-14-20-9-10-31-24(20)15-29/h5-8,11-13,18,20,24,30H,9-10,14-17H2,1-4H3/t20?,24?,26-/m0/s1. The molecule has 0 bridgehead atoms. The summed E-state index contributed by atoms with van der Waals surface area (Å²) in [4.78, 5) is 9.24. The Balaban J connectivity index is 1.53. The average Bonchev–Trinajstić information content (AvgIpc) is 3.34. The van der Waals surface area contributed by atoms with Crippen molar-refractivity contribution in [3.63, 3.8) is 0 Å². The van der Waals surface area contributed by atoms with Gasteiger partial charge in [0.2, 0.25) is 0 Å². The first-order valence-electron chi connectivity index (χ1n) is 11.6. The summed E-state index contributed by atoms with van der Waals surface area (Å²) in [6, 6.07) is 10.7. The van der Waals surface area contributed by atoms with E-state index in [0.29, 0.717) is 17.9 Å². The van der Waals surface area contributed by atoms with Crippen LogP contribution >= 0.6 is 0 Å². The van der Waals surface area contributed by atoms with Crippen molar-refractivity contribution in [3.05, 3.63) is 59.4 Å². The second kappa shape index (κ2) is 7.58. The van der Waals surface area contributed by atoms with E-state index < -0.39 is 5.60 Å². The smallest absolute Gasteiger partial charge is 0.124 e. The first-order chi connectivity index (χ1) is 14.8. The molecule has 4 heterocycles. The van der Waals surface area contributed by atoms with Crippen molar-refractivity contribution in [1.29, 1.82) is 0 Å². The van der Waals surface area contributed by atoms with Crippen LogP contribution in [0.4, 0.5) is 5.69 Å². The molecule has 0 spiro atoms. The van der Waals surface area contributed by atoms with Gasteiger partial charge >= 0.3 is 0 Å². The number of hydrogen-bond acceptors (Lipinski definition) is 5. The van der Waals surface area contributed by atoms with Gasteiger partial charge in [0.15, 0.2) is 0 Å². The third-order valence-corrected chi connectivity index (χ3v) is 7.81. The number of rotatable bonds is 5. The summed E-state index contributed by atoms with van der Waals surface area (Å²) in [5, 5.41) is 12.4. The first-order valence-corrected chi connectivity index (χ1v) is 11.6. The fraction of sp³-hybridized carbons (Fsp3) is 0.577. The van der Waals surface area contributed by atoms with Gasteiger partial charge in [-0.15, -0.1) is 0 Å². The van der Waals surface area contributed by atoms with E-state index >= 15 is 0 Å². The molecule has 0 aliphatic carbocycles. The Hall–Kier alpha value is -1.95. The van der Waals surface area contributed by atoms with Crippen LogP contribution in [-0.2, 0) is 10.3 Å². The Morgan fingerprint density at radius 3 is 2.52 bits per heavy atom. The number of hydrogen-bond donors (Lipinski definition) is 1. The first kappa shape index (κ1) is 20.9. The van der Waals surface area contributed by atoms with E-state index in [2.05, 4.69) is 72.9 Å². The van der Waals surface area contributed by atoms with Crippen molar-refractivity contribution in [2.75, 3.05) is 44.7 Å². The number of nitrogens with zero attached hydrogens (tertiary/aromatic N) is 3. The Morgan fingerprint density at radius 1 is 1.13 bits per heavy atom. The minimum atomic E-state index is -1.09. The Bertz CT molecular complexity index is 926. The van der Waals surface area contributed by atoms with Crippen molar-refractivity contribution in [2.24, 2.45) is 11.3 Å². The molecule has 5 nitrogen and oxygen atoms in total. The van der Waals surface area contributed by atoms with E-state index in [1.54, 1.807) is 0 Å². The highest BCUT2D eigenvalue weighted by atomic mass is 16.5. The summed E-state index contributed by atoms with van der Waals surface area (Å²) in [5.41, 5.74) is 2.85. The van der Waals surface area contributed by atoms with Crippen molar-refractivity contribution in [2.45, 2.75) is 44.8 Å². The van der Waals surface area contributed by atoms with Crippen molar-refractivity contribution in [3.8, 4) is 0 Å². The van der Waals surface area contributed by atoms with Crippen LogP contribution in [0.25, 0.3) is 0 Å². The summed E-state index contributed by atoms with van der Waals surface area (Å²) in [6.07, 6.45) is 5.27. The molecule has 1 N–H and O–H groups in total. The molecule has 0 radical (unpaired) electrons. The van der Waals surface area contributed by atoms with Crippen LogP contribution < -0.4 is 4.90 Å². The van der Waals surface area contributed by atoms with Crippen LogP contribution in [0.5, 0.6) is 0 Å². The van der Waals surface area contributed by atoms with Crippen LogP contribution in [0, 0.1) is 11.3 Å². The molecular weight excluding hydrogens is 386 g/mol. The van der Waals surface area contributed by atoms with Crippen LogP contribution in [-0.4, -0.2) is 60.9 Å². The van der Waals surface area contributed by atoms with Crippen LogP contribution in [0.2, 0.25) is 0 Å². The van der Waals surface area contributed by atoms with E-state index in [1.807, 2.05) is 12.4 Å². The maximum absolute atomic E-state index is 12.4. The number of pyridine rings is 1. The van der Waals surface area contributed by atoms with Crippen LogP contribution in [0.15, 0.2) is 42.7 Å². The average molecular weight is 422 g/mol. The molecule has 166 valence electrons. The highest BCUT2D eigenvalue weighted by molar-refractivity contribution is 5.52. The molecule has 0 amide bonds. The lowest BCUT2D eigenvalue weighted by molar-refractivity contribution is -0.127. The molecule has 5 heteroatoms. The lowest BCUT2D eigenvalue weighted by Gasteiger charge is -2.56.